The van der Waals surface area contributed by atoms with Crippen LogP contribution in [0.4, 0.5) is 5.69 Å². The zero-order chi connectivity index (χ0) is 27.2. The maximum atomic E-state index is 13.1. The van der Waals surface area contributed by atoms with Crippen LogP contribution in [0.5, 0.6) is 11.5 Å². The smallest absolute Gasteiger partial charge is 0.282 e. The highest BCUT2D eigenvalue weighted by atomic mass is 79.9. The molecule has 0 aliphatic heterocycles. The number of anilines is 1. The predicted molar refractivity (Wildman–Crippen MR) is 154 cm³/mol. The zero-order valence-electron chi connectivity index (χ0n) is 21.3. The Kier molecular flexibility index (Phi) is 8.38. The Morgan fingerprint density at radius 3 is 2.63 bits per heavy atom. The summed E-state index contributed by atoms with van der Waals surface area (Å²) in [7, 11) is 1.52. The SMILES string of the molecule is C=CCc1cc(C=Nn2c(C)nc3ccc(Br)cc3c2=O)cc(OC)c1OCC(=O)Nc1ccc(C)cc1. The molecule has 1 aromatic heterocycles. The minimum absolute atomic E-state index is 0.200. The second-order valence-corrected chi connectivity index (χ2v) is 9.50. The van der Waals surface area contributed by atoms with E-state index in [0.29, 0.717) is 45.9 Å². The number of carbonyl (C=O) groups is 1. The van der Waals surface area contributed by atoms with E-state index in [1.807, 2.05) is 43.3 Å². The van der Waals surface area contributed by atoms with Gasteiger partial charge in [0.05, 0.1) is 24.2 Å². The van der Waals surface area contributed by atoms with E-state index in [4.69, 9.17) is 9.47 Å². The van der Waals surface area contributed by atoms with E-state index in [0.717, 1.165) is 15.6 Å². The Hall–Kier alpha value is -4.24. The lowest BCUT2D eigenvalue weighted by molar-refractivity contribution is -0.118. The number of fused-ring (bicyclic) bond motifs is 1. The summed E-state index contributed by atoms with van der Waals surface area (Å²) >= 11 is 3.40. The topological polar surface area (TPSA) is 94.8 Å². The van der Waals surface area contributed by atoms with Gasteiger partial charge in [0.15, 0.2) is 18.1 Å². The fourth-order valence-electron chi connectivity index (χ4n) is 3.87. The van der Waals surface area contributed by atoms with Gasteiger partial charge in [-0.15, -0.1) is 6.58 Å². The van der Waals surface area contributed by atoms with Gasteiger partial charge in [-0.05, 0) is 68.3 Å². The van der Waals surface area contributed by atoms with E-state index in [1.54, 1.807) is 37.4 Å². The van der Waals surface area contributed by atoms with Crippen LogP contribution in [0.1, 0.15) is 22.5 Å². The molecule has 8 nitrogen and oxygen atoms in total. The molecule has 1 heterocycles. The lowest BCUT2D eigenvalue weighted by Crippen LogP contribution is -2.21. The van der Waals surface area contributed by atoms with Crippen LogP contribution in [0.25, 0.3) is 10.9 Å². The van der Waals surface area contributed by atoms with Crippen LogP contribution in [-0.2, 0) is 11.2 Å². The Balaban J connectivity index is 1.60. The van der Waals surface area contributed by atoms with Crippen LogP contribution in [0, 0.1) is 13.8 Å². The first-order chi connectivity index (χ1) is 18.3. The van der Waals surface area contributed by atoms with Gasteiger partial charge < -0.3 is 14.8 Å². The van der Waals surface area contributed by atoms with Crippen LogP contribution in [0.15, 0.2) is 81.6 Å². The monoisotopic (exact) mass is 574 g/mol. The van der Waals surface area contributed by atoms with Crippen molar-refractivity contribution in [2.45, 2.75) is 20.3 Å². The van der Waals surface area contributed by atoms with E-state index < -0.39 is 0 Å². The van der Waals surface area contributed by atoms with Gasteiger partial charge >= 0.3 is 0 Å². The molecule has 0 unspecified atom stereocenters. The van der Waals surface area contributed by atoms with Crippen molar-refractivity contribution < 1.29 is 14.3 Å². The summed E-state index contributed by atoms with van der Waals surface area (Å²) in [5.41, 5.74) is 3.55. The second kappa shape index (κ2) is 11.9. The number of nitrogens with zero attached hydrogens (tertiary/aromatic N) is 3. The Morgan fingerprint density at radius 1 is 1.16 bits per heavy atom. The molecule has 0 spiro atoms. The van der Waals surface area contributed by atoms with E-state index in [9.17, 15) is 9.59 Å². The number of halogens is 1. The average Bonchev–Trinajstić information content (AvgIpc) is 2.89. The molecule has 0 bridgehead atoms. The number of hydrogen-bond acceptors (Lipinski definition) is 6. The molecule has 3 aromatic carbocycles. The third-order valence-corrected chi connectivity index (χ3v) is 6.21. The number of benzene rings is 3. The van der Waals surface area contributed by atoms with Gasteiger partial charge in [-0.2, -0.15) is 9.78 Å². The molecule has 1 amide bonds. The standard InChI is InChI=1S/C29H27BrN4O4/c1-5-6-21-13-20(16-31-34-19(3)32-25-12-9-22(30)15-24(25)29(34)36)14-26(37-4)28(21)38-17-27(35)33-23-10-7-18(2)8-11-23/h5,7-16H,1,6,17H2,2-4H3,(H,33,35). The van der Waals surface area contributed by atoms with Crippen LogP contribution < -0.4 is 20.3 Å². The molecule has 0 aliphatic rings. The van der Waals surface area contributed by atoms with Crippen molar-refractivity contribution in [1.82, 2.24) is 9.66 Å². The van der Waals surface area contributed by atoms with Crippen LogP contribution >= 0.6 is 15.9 Å². The summed E-state index contributed by atoms with van der Waals surface area (Å²) in [5, 5.41) is 7.68. The van der Waals surface area contributed by atoms with Crippen LogP contribution in [-0.4, -0.2) is 35.5 Å². The molecule has 0 saturated heterocycles. The van der Waals surface area contributed by atoms with Crippen molar-refractivity contribution in [2.24, 2.45) is 5.10 Å². The quantitative estimate of drug-likeness (QED) is 0.213. The molecule has 38 heavy (non-hydrogen) atoms. The molecule has 4 aromatic rings. The average molecular weight is 575 g/mol. The Bertz CT molecular complexity index is 1590. The lowest BCUT2D eigenvalue weighted by Gasteiger charge is -2.16. The highest BCUT2D eigenvalue weighted by molar-refractivity contribution is 9.10. The number of rotatable bonds is 9. The largest absolute Gasteiger partial charge is 0.493 e. The molecule has 9 heteroatoms. The maximum Gasteiger partial charge on any atom is 0.282 e. The van der Waals surface area contributed by atoms with Gasteiger partial charge in [0.1, 0.15) is 5.82 Å². The highest BCUT2D eigenvalue weighted by Crippen LogP contribution is 2.33. The van der Waals surface area contributed by atoms with Gasteiger partial charge in [-0.1, -0.05) is 39.7 Å². The first kappa shape index (κ1) is 26.8. The summed E-state index contributed by atoms with van der Waals surface area (Å²) in [5.74, 6) is 1.03. The van der Waals surface area contributed by atoms with Gasteiger partial charge in [0.2, 0.25) is 0 Å². The zero-order valence-corrected chi connectivity index (χ0v) is 22.9. The number of amides is 1. The van der Waals surface area contributed by atoms with Crippen molar-refractivity contribution in [2.75, 3.05) is 19.0 Å². The summed E-state index contributed by atoms with van der Waals surface area (Å²) in [6, 6.07) is 16.4. The lowest BCUT2D eigenvalue weighted by atomic mass is 10.1. The minimum atomic E-state index is -0.295. The van der Waals surface area contributed by atoms with Gasteiger partial charge in [-0.25, -0.2) is 4.98 Å². The molecule has 0 aliphatic carbocycles. The number of ether oxygens (including phenoxy) is 2. The number of methoxy groups -OCH3 is 1. The van der Waals surface area contributed by atoms with E-state index >= 15 is 0 Å². The molecular weight excluding hydrogens is 548 g/mol. The Labute approximate surface area is 228 Å². The number of allylic oxidation sites excluding steroid dienone is 1. The van der Waals surface area contributed by atoms with Crippen molar-refractivity contribution in [1.29, 1.82) is 0 Å². The molecule has 0 atom stereocenters. The second-order valence-electron chi connectivity index (χ2n) is 8.59. The summed E-state index contributed by atoms with van der Waals surface area (Å²) in [6.07, 6.45) is 3.76. The van der Waals surface area contributed by atoms with Crippen molar-refractivity contribution in [3.63, 3.8) is 0 Å². The third kappa shape index (κ3) is 6.18. The van der Waals surface area contributed by atoms with Crippen molar-refractivity contribution in [3.8, 4) is 11.5 Å². The minimum Gasteiger partial charge on any atom is -0.493 e. The van der Waals surface area contributed by atoms with Crippen LogP contribution in [0.2, 0.25) is 0 Å². The number of carbonyl (C=O) groups excluding carboxylic acids is 1. The molecule has 0 radical (unpaired) electrons. The van der Waals surface area contributed by atoms with Gasteiger partial charge in [0, 0.05) is 15.7 Å². The molecule has 1 N–H and O–H groups in total. The Morgan fingerprint density at radius 2 is 1.92 bits per heavy atom. The van der Waals surface area contributed by atoms with E-state index in [1.165, 1.54) is 11.8 Å². The fraction of sp³-hybridized carbons (Fsp3) is 0.172. The van der Waals surface area contributed by atoms with Gasteiger partial charge in [-0.3, -0.25) is 9.59 Å². The summed E-state index contributed by atoms with van der Waals surface area (Å²) in [6.45, 7) is 7.33. The number of aromatic nitrogens is 2. The molecule has 4 rings (SSSR count). The van der Waals surface area contributed by atoms with Crippen molar-refractivity contribution in [3.05, 3.63) is 105 Å². The van der Waals surface area contributed by atoms with Gasteiger partial charge in [0.25, 0.3) is 11.5 Å². The maximum absolute atomic E-state index is 13.1. The molecule has 194 valence electrons. The molecule has 0 fully saturated rings. The van der Waals surface area contributed by atoms with Crippen molar-refractivity contribution >= 4 is 44.6 Å². The highest BCUT2D eigenvalue weighted by Gasteiger charge is 2.15. The summed E-state index contributed by atoms with van der Waals surface area (Å²) < 4.78 is 13.5. The van der Waals surface area contributed by atoms with Crippen LogP contribution in [0.3, 0.4) is 0 Å². The van der Waals surface area contributed by atoms with E-state index in [-0.39, 0.29) is 18.1 Å². The molecular formula is C29H27BrN4O4. The number of nitrogens with one attached hydrogen (secondary N) is 1. The normalized spacial score (nSPS) is 11.1. The summed E-state index contributed by atoms with van der Waals surface area (Å²) in [4.78, 5) is 30.0. The molecule has 0 saturated carbocycles. The van der Waals surface area contributed by atoms with E-state index in [2.05, 4.69) is 37.9 Å². The first-order valence-corrected chi connectivity index (χ1v) is 12.6. The fourth-order valence-corrected chi connectivity index (χ4v) is 4.23. The number of hydrogen-bond donors (Lipinski definition) is 1. The third-order valence-electron chi connectivity index (χ3n) is 5.71. The predicted octanol–water partition coefficient (Wildman–Crippen LogP) is 5.41. The first-order valence-electron chi connectivity index (χ1n) is 11.8. The number of aryl methyl sites for hydroxylation is 2.